The Morgan fingerprint density at radius 1 is 1.44 bits per heavy atom. The summed E-state index contributed by atoms with van der Waals surface area (Å²) in [4.78, 5) is 12.7. The molecule has 0 aliphatic heterocycles. The van der Waals surface area contributed by atoms with E-state index in [0.29, 0.717) is 0 Å². The summed E-state index contributed by atoms with van der Waals surface area (Å²) in [7, 11) is 1.34. The second kappa shape index (κ2) is 4.81. The minimum Gasteiger partial charge on any atom is -0.497 e. The van der Waals surface area contributed by atoms with Gasteiger partial charge in [0, 0.05) is 0 Å². The fraction of sp³-hybridized carbons (Fsp3) is 0.300. The van der Waals surface area contributed by atoms with Gasteiger partial charge in [-0.1, -0.05) is 12.1 Å². The SMILES string of the molecule is COc1cccc(C(N=C=O)C(F)(F)F)c1. The Morgan fingerprint density at radius 3 is 2.62 bits per heavy atom. The van der Waals surface area contributed by atoms with E-state index < -0.39 is 12.2 Å². The summed E-state index contributed by atoms with van der Waals surface area (Å²) in [6.07, 6.45) is -3.70. The maximum absolute atomic E-state index is 12.5. The van der Waals surface area contributed by atoms with Crippen LogP contribution in [0.15, 0.2) is 29.3 Å². The van der Waals surface area contributed by atoms with E-state index in [9.17, 15) is 18.0 Å². The van der Waals surface area contributed by atoms with Crippen LogP contribution in [0, 0.1) is 0 Å². The molecule has 0 bridgehead atoms. The molecule has 1 aromatic rings. The largest absolute Gasteiger partial charge is 0.497 e. The van der Waals surface area contributed by atoms with Crippen molar-refractivity contribution in [3.63, 3.8) is 0 Å². The average molecular weight is 231 g/mol. The van der Waals surface area contributed by atoms with E-state index >= 15 is 0 Å². The third-order valence-electron chi connectivity index (χ3n) is 1.90. The lowest BCUT2D eigenvalue weighted by Crippen LogP contribution is -2.18. The first-order valence-electron chi connectivity index (χ1n) is 4.26. The highest BCUT2D eigenvalue weighted by atomic mass is 19.4. The quantitative estimate of drug-likeness (QED) is 0.592. The van der Waals surface area contributed by atoms with Gasteiger partial charge in [-0.2, -0.15) is 18.2 Å². The Bertz CT molecular complexity index is 411. The van der Waals surface area contributed by atoms with Crippen molar-refractivity contribution in [1.29, 1.82) is 0 Å². The molecule has 1 atom stereocenters. The molecule has 0 aliphatic rings. The maximum Gasteiger partial charge on any atom is 0.415 e. The van der Waals surface area contributed by atoms with Gasteiger partial charge in [0.25, 0.3) is 0 Å². The van der Waals surface area contributed by atoms with Crippen LogP contribution < -0.4 is 4.74 Å². The van der Waals surface area contributed by atoms with Crippen molar-refractivity contribution in [3.8, 4) is 5.75 Å². The zero-order valence-electron chi connectivity index (χ0n) is 8.28. The van der Waals surface area contributed by atoms with Gasteiger partial charge in [-0.3, -0.25) is 0 Å². The molecule has 0 saturated carbocycles. The van der Waals surface area contributed by atoms with E-state index in [1.165, 1.54) is 31.4 Å². The smallest absolute Gasteiger partial charge is 0.415 e. The molecule has 0 heterocycles. The number of rotatable bonds is 3. The maximum atomic E-state index is 12.5. The van der Waals surface area contributed by atoms with E-state index in [2.05, 4.69) is 4.99 Å². The number of benzene rings is 1. The number of hydrogen-bond donors (Lipinski definition) is 0. The van der Waals surface area contributed by atoms with Crippen LogP contribution in [-0.2, 0) is 4.79 Å². The molecule has 0 radical (unpaired) electrons. The van der Waals surface area contributed by atoms with E-state index in [4.69, 9.17) is 4.74 Å². The zero-order chi connectivity index (χ0) is 12.2. The Kier molecular flexibility index (Phi) is 3.68. The van der Waals surface area contributed by atoms with Gasteiger partial charge in [-0.25, -0.2) is 4.79 Å². The Labute approximate surface area is 89.6 Å². The van der Waals surface area contributed by atoms with Crippen molar-refractivity contribution in [1.82, 2.24) is 0 Å². The lowest BCUT2D eigenvalue weighted by molar-refractivity contribution is -0.148. The van der Waals surface area contributed by atoms with Crippen LogP contribution in [0.4, 0.5) is 13.2 Å². The van der Waals surface area contributed by atoms with Crippen LogP contribution in [0.25, 0.3) is 0 Å². The summed E-state index contributed by atoms with van der Waals surface area (Å²) in [5.41, 5.74) is -0.157. The van der Waals surface area contributed by atoms with Gasteiger partial charge in [0.05, 0.1) is 7.11 Å². The van der Waals surface area contributed by atoms with Gasteiger partial charge < -0.3 is 4.74 Å². The van der Waals surface area contributed by atoms with Gasteiger partial charge >= 0.3 is 6.18 Å². The summed E-state index contributed by atoms with van der Waals surface area (Å²) in [6.45, 7) is 0. The van der Waals surface area contributed by atoms with Gasteiger partial charge in [0.1, 0.15) is 5.75 Å². The standard InChI is InChI=1S/C10H8F3NO2/c1-16-8-4-2-3-7(5-8)9(14-6-15)10(11,12)13/h2-5,9H,1H3. The van der Waals surface area contributed by atoms with Crippen LogP contribution in [0.2, 0.25) is 0 Å². The van der Waals surface area contributed by atoms with E-state index in [1.807, 2.05) is 0 Å². The number of hydrogen-bond acceptors (Lipinski definition) is 3. The molecule has 0 aromatic heterocycles. The molecule has 0 fully saturated rings. The van der Waals surface area contributed by atoms with Crippen LogP contribution in [0.1, 0.15) is 11.6 Å². The minimum absolute atomic E-state index is 0.157. The topological polar surface area (TPSA) is 38.7 Å². The van der Waals surface area contributed by atoms with Crippen molar-refractivity contribution in [2.75, 3.05) is 7.11 Å². The molecule has 1 rings (SSSR count). The Hall–Kier alpha value is -1.81. The lowest BCUT2D eigenvalue weighted by atomic mass is 10.1. The van der Waals surface area contributed by atoms with Crippen molar-refractivity contribution >= 4 is 6.08 Å². The molecule has 86 valence electrons. The van der Waals surface area contributed by atoms with Crippen LogP contribution >= 0.6 is 0 Å². The van der Waals surface area contributed by atoms with Crippen molar-refractivity contribution in [3.05, 3.63) is 29.8 Å². The third kappa shape index (κ3) is 2.84. The van der Waals surface area contributed by atoms with E-state index in [-0.39, 0.29) is 11.3 Å². The van der Waals surface area contributed by atoms with Gasteiger partial charge in [-0.05, 0) is 17.7 Å². The molecule has 3 nitrogen and oxygen atoms in total. The number of isocyanates is 1. The highest BCUT2D eigenvalue weighted by Gasteiger charge is 2.41. The van der Waals surface area contributed by atoms with Crippen molar-refractivity contribution < 1.29 is 22.7 Å². The number of nitrogens with zero attached hydrogens (tertiary/aromatic N) is 1. The van der Waals surface area contributed by atoms with E-state index in [1.54, 1.807) is 0 Å². The first-order valence-corrected chi connectivity index (χ1v) is 4.26. The normalized spacial score (nSPS) is 12.8. The monoisotopic (exact) mass is 231 g/mol. The fourth-order valence-electron chi connectivity index (χ4n) is 1.20. The molecule has 0 N–H and O–H groups in total. The number of carbonyl (C=O) groups excluding carboxylic acids is 1. The summed E-state index contributed by atoms with van der Waals surface area (Å²) >= 11 is 0. The summed E-state index contributed by atoms with van der Waals surface area (Å²) < 4.78 is 42.3. The van der Waals surface area contributed by atoms with Crippen molar-refractivity contribution in [2.24, 2.45) is 4.99 Å². The van der Waals surface area contributed by atoms with E-state index in [0.717, 1.165) is 6.08 Å². The second-order valence-corrected chi connectivity index (χ2v) is 2.94. The first-order chi connectivity index (χ1) is 7.49. The summed E-state index contributed by atoms with van der Waals surface area (Å²) in [6, 6.07) is 3.11. The predicted molar refractivity (Wildman–Crippen MR) is 49.9 cm³/mol. The molecule has 16 heavy (non-hydrogen) atoms. The molecule has 1 unspecified atom stereocenters. The van der Waals surface area contributed by atoms with Crippen LogP contribution in [0.3, 0.4) is 0 Å². The molecule has 0 spiro atoms. The lowest BCUT2D eigenvalue weighted by Gasteiger charge is -2.15. The summed E-state index contributed by atoms with van der Waals surface area (Å²) in [5, 5.41) is 0. The van der Waals surface area contributed by atoms with Gasteiger partial charge in [0.15, 0.2) is 6.04 Å². The van der Waals surface area contributed by atoms with Crippen LogP contribution in [-0.4, -0.2) is 19.4 Å². The highest BCUT2D eigenvalue weighted by Crippen LogP contribution is 2.36. The number of ether oxygens (including phenoxy) is 1. The second-order valence-electron chi connectivity index (χ2n) is 2.94. The fourth-order valence-corrected chi connectivity index (χ4v) is 1.20. The molecular weight excluding hydrogens is 223 g/mol. The molecular formula is C10H8F3NO2. The molecule has 0 saturated heterocycles. The average Bonchev–Trinajstić information content (AvgIpc) is 2.24. The molecule has 0 amide bonds. The number of methoxy groups -OCH3 is 1. The number of alkyl halides is 3. The predicted octanol–water partition coefficient (Wildman–Crippen LogP) is 2.63. The summed E-state index contributed by atoms with van der Waals surface area (Å²) in [5.74, 6) is 0.271. The molecule has 0 aliphatic carbocycles. The third-order valence-corrected chi connectivity index (χ3v) is 1.90. The van der Waals surface area contributed by atoms with Crippen molar-refractivity contribution in [2.45, 2.75) is 12.2 Å². The molecule has 1 aromatic carbocycles. The first kappa shape index (κ1) is 12.3. The Morgan fingerprint density at radius 2 is 2.12 bits per heavy atom. The van der Waals surface area contributed by atoms with Crippen LogP contribution in [0.5, 0.6) is 5.75 Å². The minimum atomic E-state index is -4.62. The molecule has 6 heteroatoms. The highest BCUT2D eigenvalue weighted by molar-refractivity contribution is 5.38. The van der Waals surface area contributed by atoms with Gasteiger partial charge in [0.2, 0.25) is 6.08 Å². The number of halogens is 3. The Balaban J connectivity index is 3.15. The zero-order valence-corrected chi connectivity index (χ0v) is 8.28. The van der Waals surface area contributed by atoms with Gasteiger partial charge in [-0.15, -0.1) is 0 Å². The number of aliphatic imine (C=N–C) groups is 1.